The zero-order valence-corrected chi connectivity index (χ0v) is 20.9. The fourth-order valence-electron chi connectivity index (χ4n) is 5.12. The van der Waals surface area contributed by atoms with Crippen LogP contribution in [0.2, 0.25) is 0 Å². The number of aliphatic hydroxyl groups is 1. The lowest BCUT2D eigenvalue weighted by atomic mass is 9.86. The van der Waals surface area contributed by atoms with Gasteiger partial charge in [0.1, 0.15) is 35.7 Å². The number of allylic oxidation sites excluding steroid dienone is 1. The molecule has 3 aromatic carbocycles. The highest BCUT2D eigenvalue weighted by molar-refractivity contribution is 5.95. The third kappa shape index (κ3) is 4.79. The monoisotopic (exact) mass is 487 g/mol. The number of aromatic hydroxyl groups is 2. The molecule has 1 fully saturated rings. The van der Waals surface area contributed by atoms with Crippen molar-refractivity contribution in [3.63, 3.8) is 0 Å². The normalized spacial score (nSPS) is 22.7. The van der Waals surface area contributed by atoms with Gasteiger partial charge in [0, 0.05) is 30.3 Å². The quantitative estimate of drug-likeness (QED) is 0.441. The van der Waals surface area contributed by atoms with Gasteiger partial charge in [0.2, 0.25) is 0 Å². The summed E-state index contributed by atoms with van der Waals surface area (Å²) in [5.41, 5.74) is 4.58. The average Bonchev–Trinajstić information content (AvgIpc) is 3.21. The fourth-order valence-corrected chi connectivity index (χ4v) is 5.12. The summed E-state index contributed by atoms with van der Waals surface area (Å²) in [6.07, 6.45) is -0.655. The van der Waals surface area contributed by atoms with Crippen molar-refractivity contribution in [1.82, 2.24) is 4.90 Å². The van der Waals surface area contributed by atoms with Gasteiger partial charge in [0.15, 0.2) is 0 Å². The SMILES string of the molecule is CC1=C(c2cccc(O)c2)C(c2ccc(OCC(C)N3CC(C)C(O)C3)cc2)Oc2ccc(O)cc21. The van der Waals surface area contributed by atoms with Crippen molar-refractivity contribution in [3.05, 3.63) is 83.4 Å². The van der Waals surface area contributed by atoms with E-state index in [1.165, 1.54) is 0 Å². The number of nitrogens with zero attached hydrogens (tertiary/aromatic N) is 1. The minimum absolute atomic E-state index is 0.180. The number of β-amino-alcohol motifs (C(OH)–C–C–N with tert-alkyl or cyclic N) is 1. The molecule has 0 saturated carbocycles. The highest BCUT2D eigenvalue weighted by Crippen LogP contribution is 2.47. The Balaban J connectivity index is 1.39. The van der Waals surface area contributed by atoms with Crippen molar-refractivity contribution in [2.24, 2.45) is 5.92 Å². The molecule has 36 heavy (non-hydrogen) atoms. The highest BCUT2D eigenvalue weighted by Gasteiger charge is 2.31. The van der Waals surface area contributed by atoms with E-state index < -0.39 is 0 Å². The predicted molar refractivity (Wildman–Crippen MR) is 140 cm³/mol. The van der Waals surface area contributed by atoms with E-state index in [-0.39, 0.29) is 35.7 Å². The molecule has 4 atom stereocenters. The van der Waals surface area contributed by atoms with Crippen molar-refractivity contribution in [2.45, 2.75) is 39.0 Å². The second kappa shape index (κ2) is 9.88. The number of rotatable bonds is 6. The molecule has 2 heterocycles. The van der Waals surface area contributed by atoms with Crippen LogP contribution in [0.1, 0.15) is 43.6 Å². The number of ether oxygens (including phenoxy) is 2. The summed E-state index contributed by atoms with van der Waals surface area (Å²) in [5.74, 6) is 2.13. The predicted octanol–water partition coefficient (Wildman–Crippen LogP) is 5.24. The molecule has 2 aliphatic heterocycles. The van der Waals surface area contributed by atoms with Crippen LogP contribution in [0.3, 0.4) is 0 Å². The second-order valence-corrected chi connectivity index (χ2v) is 9.99. The molecule has 0 amide bonds. The van der Waals surface area contributed by atoms with Crippen LogP contribution >= 0.6 is 0 Å². The second-order valence-electron chi connectivity index (χ2n) is 9.99. The smallest absolute Gasteiger partial charge is 0.150 e. The Morgan fingerprint density at radius 2 is 1.75 bits per heavy atom. The van der Waals surface area contributed by atoms with E-state index in [4.69, 9.17) is 9.47 Å². The maximum Gasteiger partial charge on any atom is 0.150 e. The summed E-state index contributed by atoms with van der Waals surface area (Å²) in [5, 5.41) is 30.2. The molecule has 2 aliphatic rings. The Bertz CT molecular complexity index is 1260. The molecule has 0 radical (unpaired) electrons. The van der Waals surface area contributed by atoms with E-state index in [2.05, 4.69) is 18.7 Å². The van der Waals surface area contributed by atoms with Gasteiger partial charge in [-0.1, -0.05) is 31.2 Å². The summed E-state index contributed by atoms with van der Waals surface area (Å²) in [4.78, 5) is 2.27. The summed E-state index contributed by atoms with van der Waals surface area (Å²) < 4.78 is 12.5. The Morgan fingerprint density at radius 3 is 2.44 bits per heavy atom. The van der Waals surface area contributed by atoms with Crippen molar-refractivity contribution < 1.29 is 24.8 Å². The minimum atomic E-state index is -0.385. The maximum absolute atomic E-state index is 10.1. The van der Waals surface area contributed by atoms with Gasteiger partial charge in [-0.3, -0.25) is 4.90 Å². The number of likely N-dealkylation sites (tertiary alicyclic amines) is 1. The Kier molecular flexibility index (Phi) is 6.65. The lowest BCUT2D eigenvalue weighted by Gasteiger charge is -2.31. The summed E-state index contributed by atoms with van der Waals surface area (Å²) in [6, 6.07) is 20.4. The van der Waals surface area contributed by atoms with Crippen LogP contribution in [0.25, 0.3) is 11.1 Å². The highest BCUT2D eigenvalue weighted by atomic mass is 16.5. The number of fused-ring (bicyclic) bond motifs is 1. The van der Waals surface area contributed by atoms with E-state index in [9.17, 15) is 15.3 Å². The molecule has 0 aromatic heterocycles. The molecule has 6 heteroatoms. The van der Waals surface area contributed by atoms with Crippen molar-refractivity contribution in [1.29, 1.82) is 0 Å². The van der Waals surface area contributed by atoms with Crippen LogP contribution in [0.4, 0.5) is 0 Å². The fraction of sp³-hybridized carbons (Fsp3) is 0.333. The number of benzene rings is 3. The van der Waals surface area contributed by atoms with Gasteiger partial charge >= 0.3 is 0 Å². The molecule has 0 spiro atoms. The first kappa shape index (κ1) is 24.2. The zero-order chi connectivity index (χ0) is 25.4. The first-order valence-corrected chi connectivity index (χ1v) is 12.4. The van der Waals surface area contributed by atoms with Crippen molar-refractivity contribution >= 4 is 11.1 Å². The first-order valence-electron chi connectivity index (χ1n) is 12.4. The van der Waals surface area contributed by atoms with E-state index >= 15 is 0 Å². The van der Waals surface area contributed by atoms with Gasteiger partial charge in [-0.05, 0) is 78.9 Å². The molecule has 0 aliphatic carbocycles. The summed E-state index contributed by atoms with van der Waals surface area (Å²) in [6.45, 7) is 8.33. The van der Waals surface area contributed by atoms with Gasteiger partial charge < -0.3 is 24.8 Å². The maximum atomic E-state index is 10.1. The molecule has 4 unspecified atom stereocenters. The Hall–Kier alpha value is -3.48. The minimum Gasteiger partial charge on any atom is -0.508 e. The summed E-state index contributed by atoms with van der Waals surface area (Å²) >= 11 is 0. The Labute approximate surface area is 212 Å². The number of phenols is 2. The lowest BCUT2D eigenvalue weighted by molar-refractivity contribution is 0.130. The lowest BCUT2D eigenvalue weighted by Crippen LogP contribution is -2.36. The zero-order valence-electron chi connectivity index (χ0n) is 20.9. The molecule has 0 bridgehead atoms. The molecule has 3 N–H and O–H groups in total. The van der Waals surface area contributed by atoms with Gasteiger partial charge in [0.25, 0.3) is 0 Å². The first-order chi connectivity index (χ1) is 17.3. The molecule has 3 aromatic rings. The Morgan fingerprint density at radius 1 is 1.00 bits per heavy atom. The van der Waals surface area contributed by atoms with Crippen LogP contribution in [0.5, 0.6) is 23.0 Å². The van der Waals surface area contributed by atoms with Gasteiger partial charge in [-0.2, -0.15) is 0 Å². The van der Waals surface area contributed by atoms with Gasteiger partial charge in [-0.15, -0.1) is 0 Å². The number of hydrogen-bond acceptors (Lipinski definition) is 6. The molecular weight excluding hydrogens is 454 g/mol. The third-order valence-electron chi connectivity index (χ3n) is 7.33. The van der Waals surface area contributed by atoms with E-state index in [1.54, 1.807) is 30.3 Å². The van der Waals surface area contributed by atoms with E-state index in [0.717, 1.165) is 40.1 Å². The van der Waals surface area contributed by atoms with E-state index in [0.29, 0.717) is 18.9 Å². The topological polar surface area (TPSA) is 82.4 Å². The number of phenolic OH excluding ortho intramolecular Hbond substituents is 2. The molecule has 5 rings (SSSR count). The molecular formula is C30H33NO5. The van der Waals surface area contributed by atoms with Gasteiger partial charge in [0.05, 0.1) is 6.10 Å². The molecule has 1 saturated heterocycles. The average molecular weight is 488 g/mol. The molecule has 188 valence electrons. The number of hydrogen-bond donors (Lipinski definition) is 3. The standard InChI is InChI=1S/C30H33NO5/c1-18-15-31(16-27(18)34)19(2)17-35-25-10-7-21(8-11-25)30-29(22-5-4-6-23(32)13-22)20(3)26-14-24(33)9-12-28(26)36-30/h4-14,18-19,27,30,32-34H,15-17H2,1-3H3. The van der Waals surface area contributed by atoms with Crippen LogP contribution in [0, 0.1) is 5.92 Å². The van der Waals surface area contributed by atoms with Crippen LogP contribution < -0.4 is 9.47 Å². The largest absolute Gasteiger partial charge is 0.508 e. The summed E-state index contributed by atoms with van der Waals surface area (Å²) in [7, 11) is 0. The van der Waals surface area contributed by atoms with Crippen molar-refractivity contribution in [3.8, 4) is 23.0 Å². The van der Waals surface area contributed by atoms with Crippen molar-refractivity contribution in [2.75, 3.05) is 19.7 Å². The van der Waals surface area contributed by atoms with Crippen LogP contribution in [0.15, 0.2) is 66.7 Å². The van der Waals surface area contributed by atoms with Crippen LogP contribution in [-0.4, -0.2) is 52.1 Å². The third-order valence-corrected chi connectivity index (χ3v) is 7.33. The van der Waals surface area contributed by atoms with E-state index in [1.807, 2.05) is 43.3 Å². The number of aliphatic hydroxyl groups excluding tert-OH is 1. The van der Waals surface area contributed by atoms with Crippen LogP contribution in [-0.2, 0) is 0 Å². The van der Waals surface area contributed by atoms with Gasteiger partial charge in [-0.25, -0.2) is 0 Å². The molecule has 6 nitrogen and oxygen atoms in total.